The molecule has 15 heavy (non-hydrogen) atoms. The average molecular weight is 274 g/mol. The smallest absolute Gasteiger partial charge is 0.0892 e. The summed E-state index contributed by atoms with van der Waals surface area (Å²) in [4.78, 5) is 4.22. The van der Waals surface area contributed by atoms with Crippen LogP contribution in [0.15, 0.2) is 22.8 Å². The van der Waals surface area contributed by atoms with Crippen molar-refractivity contribution in [3.63, 3.8) is 0 Å². The number of hydrogen-bond acceptors (Lipinski definition) is 3. The predicted molar refractivity (Wildman–Crippen MR) is 62.7 cm³/mol. The molecule has 0 amide bonds. The first-order chi connectivity index (χ1) is 7.22. The molecule has 0 aromatic carbocycles. The number of hydrogen-bond donors (Lipinski definition) is 0. The Morgan fingerprint density at radius 1 is 1.47 bits per heavy atom. The van der Waals surface area contributed by atoms with E-state index in [9.17, 15) is 0 Å². The Morgan fingerprint density at radius 2 is 2.27 bits per heavy atom. The zero-order chi connectivity index (χ0) is 11.1. The lowest BCUT2D eigenvalue weighted by atomic mass is 10.3. The number of ether oxygens (including phenoxy) is 2. The van der Waals surface area contributed by atoms with Gasteiger partial charge in [-0.2, -0.15) is 0 Å². The summed E-state index contributed by atoms with van der Waals surface area (Å²) in [5.41, 5.74) is 0.932. The minimum Gasteiger partial charge on any atom is -0.379 e. The van der Waals surface area contributed by atoms with Crippen LogP contribution in [0.5, 0.6) is 0 Å². The van der Waals surface area contributed by atoms with Gasteiger partial charge in [-0.1, -0.05) is 0 Å². The van der Waals surface area contributed by atoms with Gasteiger partial charge in [0.25, 0.3) is 0 Å². The van der Waals surface area contributed by atoms with Gasteiger partial charge >= 0.3 is 0 Å². The molecule has 0 N–H and O–H groups in total. The Morgan fingerprint density at radius 3 is 2.87 bits per heavy atom. The molecule has 1 rings (SSSR count). The van der Waals surface area contributed by atoms with Gasteiger partial charge in [-0.05, 0) is 41.9 Å². The Kier molecular flexibility index (Phi) is 5.83. The molecular weight excluding hydrogens is 258 g/mol. The number of nitrogens with zero attached hydrogens (tertiary/aromatic N) is 1. The molecule has 0 saturated heterocycles. The van der Waals surface area contributed by atoms with Crippen LogP contribution in [-0.4, -0.2) is 24.3 Å². The zero-order valence-corrected chi connectivity index (χ0v) is 10.7. The highest BCUT2D eigenvalue weighted by Crippen LogP contribution is 2.08. The van der Waals surface area contributed by atoms with E-state index in [-0.39, 0.29) is 6.10 Å². The lowest BCUT2D eigenvalue weighted by Gasteiger charge is -2.12. The second-order valence-corrected chi connectivity index (χ2v) is 4.16. The lowest BCUT2D eigenvalue weighted by Crippen LogP contribution is -2.16. The van der Waals surface area contributed by atoms with Crippen LogP contribution in [-0.2, 0) is 16.1 Å². The number of pyridine rings is 1. The first-order valence-electron chi connectivity index (χ1n) is 5.02. The van der Waals surface area contributed by atoms with E-state index in [0.29, 0.717) is 13.2 Å². The molecule has 0 fully saturated rings. The topological polar surface area (TPSA) is 31.4 Å². The van der Waals surface area contributed by atoms with Gasteiger partial charge in [-0.25, -0.2) is 0 Å². The normalized spacial score (nSPS) is 12.7. The summed E-state index contributed by atoms with van der Waals surface area (Å²) >= 11 is 3.34. The molecule has 1 atom stereocenters. The largest absolute Gasteiger partial charge is 0.379 e. The van der Waals surface area contributed by atoms with Crippen molar-refractivity contribution in [1.29, 1.82) is 0 Å². The second kappa shape index (κ2) is 6.93. The van der Waals surface area contributed by atoms with Crippen LogP contribution in [0.2, 0.25) is 0 Å². The summed E-state index contributed by atoms with van der Waals surface area (Å²) in [6.07, 6.45) is 1.88. The van der Waals surface area contributed by atoms with Gasteiger partial charge in [0.2, 0.25) is 0 Å². The van der Waals surface area contributed by atoms with Crippen molar-refractivity contribution in [2.24, 2.45) is 0 Å². The van der Waals surface area contributed by atoms with Crippen LogP contribution < -0.4 is 0 Å². The van der Waals surface area contributed by atoms with Gasteiger partial charge in [0.1, 0.15) is 0 Å². The molecular formula is C11H16BrNO2. The van der Waals surface area contributed by atoms with Crippen molar-refractivity contribution in [2.75, 3.05) is 13.2 Å². The number of halogens is 1. The van der Waals surface area contributed by atoms with Gasteiger partial charge in [0, 0.05) is 17.3 Å². The molecule has 1 aromatic heterocycles. The maximum absolute atomic E-state index is 5.57. The van der Waals surface area contributed by atoms with Crippen molar-refractivity contribution in [2.45, 2.75) is 26.6 Å². The fourth-order valence-corrected chi connectivity index (χ4v) is 1.29. The highest BCUT2D eigenvalue weighted by atomic mass is 79.9. The Bertz CT molecular complexity index is 276. The van der Waals surface area contributed by atoms with Gasteiger partial charge in [-0.15, -0.1) is 0 Å². The number of aromatic nitrogens is 1. The van der Waals surface area contributed by atoms with E-state index in [1.165, 1.54) is 0 Å². The van der Waals surface area contributed by atoms with Crippen LogP contribution in [0.25, 0.3) is 0 Å². The van der Waals surface area contributed by atoms with E-state index in [2.05, 4.69) is 20.9 Å². The van der Waals surface area contributed by atoms with Crippen LogP contribution in [0.1, 0.15) is 19.5 Å². The van der Waals surface area contributed by atoms with Crippen LogP contribution in [0.3, 0.4) is 0 Å². The number of rotatable bonds is 6. The molecule has 1 aromatic rings. The quantitative estimate of drug-likeness (QED) is 0.799. The lowest BCUT2D eigenvalue weighted by molar-refractivity contribution is -0.0127. The molecule has 4 heteroatoms. The molecule has 0 aliphatic carbocycles. The van der Waals surface area contributed by atoms with E-state index in [1.54, 1.807) is 6.20 Å². The maximum Gasteiger partial charge on any atom is 0.0892 e. The highest BCUT2D eigenvalue weighted by molar-refractivity contribution is 9.10. The molecule has 0 radical (unpaired) electrons. The van der Waals surface area contributed by atoms with Gasteiger partial charge in [-0.3, -0.25) is 4.98 Å². The van der Waals surface area contributed by atoms with E-state index in [1.807, 2.05) is 26.0 Å². The van der Waals surface area contributed by atoms with E-state index < -0.39 is 0 Å². The summed E-state index contributed by atoms with van der Waals surface area (Å²) in [7, 11) is 0. The molecule has 0 aliphatic heterocycles. The van der Waals surface area contributed by atoms with Crippen molar-refractivity contribution < 1.29 is 9.47 Å². The summed E-state index contributed by atoms with van der Waals surface area (Å²) in [6.45, 7) is 5.86. The molecule has 0 saturated carbocycles. The van der Waals surface area contributed by atoms with E-state index in [0.717, 1.165) is 16.8 Å². The Balaban J connectivity index is 2.27. The summed E-state index contributed by atoms with van der Waals surface area (Å²) in [5, 5.41) is 0. The molecule has 84 valence electrons. The first kappa shape index (κ1) is 12.6. The average Bonchev–Trinajstić information content (AvgIpc) is 2.25. The minimum absolute atomic E-state index is 0.107. The monoisotopic (exact) mass is 273 g/mol. The van der Waals surface area contributed by atoms with Crippen LogP contribution >= 0.6 is 15.9 Å². The molecule has 0 spiro atoms. The SMILES string of the molecule is CCOCC(C)OCc1ccc(Br)cn1. The van der Waals surface area contributed by atoms with Crippen molar-refractivity contribution >= 4 is 15.9 Å². The van der Waals surface area contributed by atoms with Gasteiger partial charge in [0.05, 0.1) is 25.0 Å². The van der Waals surface area contributed by atoms with Crippen molar-refractivity contribution in [3.8, 4) is 0 Å². The molecule has 3 nitrogen and oxygen atoms in total. The second-order valence-electron chi connectivity index (χ2n) is 3.25. The van der Waals surface area contributed by atoms with Crippen LogP contribution in [0, 0.1) is 0 Å². The molecule has 0 aliphatic rings. The minimum atomic E-state index is 0.107. The third-order valence-corrected chi connectivity index (χ3v) is 2.33. The molecule has 0 bridgehead atoms. The van der Waals surface area contributed by atoms with E-state index >= 15 is 0 Å². The maximum atomic E-state index is 5.57. The van der Waals surface area contributed by atoms with Gasteiger partial charge < -0.3 is 9.47 Å². The fraction of sp³-hybridized carbons (Fsp3) is 0.545. The van der Waals surface area contributed by atoms with Crippen molar-refractivity contribution in [3.05, 3.63) is 28.5 Å². The van der Waals surface area contributed by atoms with Crippen molar-refractivity contribution in [1.82, 2.24) is 4.98 Å². The Hall–Kier alpha value is -0.450. The summed E-state index contributed by atoms with van der Waals surface area (Å²) < 4.78 is 11.8. The molecule has 1 unspecified atom stereocenters. The Labute approximate surface area is 98.9 Å². The third-order valence-electron chi connectivity index (χ3n) is 1.86. The fourth-order valence-electron chi connectivity index (χ4n) is 1.05. The van der Waals surface area contributed by atoms with Gasteiger partial charge in [0.15, 0.2) is 0 Å². The highest BCUT2D eigenvalue weighted by Gasteiger charge is 2.02. The predicted octanol–water partition coefficient (Wildman–Crippen LogP) is 2.79. The first-order valence-corrected chi connectivity index (χ1v) is 5.81. The summed E-state index contributed by atoms with van der Waals surface area (Å²) in [5.74, 6) is 0. The third kappa shape index (κ3) is 5.25. The standard InChI is InChI=1S/C11H16BrNO2/c1-3-14-7-9(2)15-8-11-5-4-10(12)6-13-11/h4-6,9H,3,7-8H2,1-2H3. The van der Waals surface area contributed by atoms with E-state index in [4.69, 9.17) is 9.47 Å². The zero-order valence-electron chi connectivity index (χ0n) is 9.07. The molecule has 1 heterocycles. The summed E-state index contributed by atoms with van der Waals surface area (Å²) in [6, 6.07) is 3.90. The van der Waals surface area contributed by atoms with Crippen LogP contribution in [0.4, 0.5) is 0 Å².